The molecule has 2 unspecified atom stereocenters. The number of hydrogen-bond acceptors (Lipinski definition) is 3. The Kier molecular flexibility index (Phi) is 6.28. The number of nitrogens with zero attached hydrogens (tertiary/aromatic N) is 1. The predicted molar refractivity (Wildman–Crippen MR) is 118 cm³/mol. The van der Waals surface area contributed by atoms with Crippen LogP contribution in [-0.2, 0) is 16.0 Å². The third-order valence-electron chi connectivity index (χ3n) is 5.89. The summed E-state index contributed by atoms with van der Waals surface area (Å²) >= 11 is 6.13. The molecule has 5 nitrogen and oxygen atoms in total. The van der Waals surface area contributed by atoms with Gasteiger partial charge in [0.1, 0.15) is 5.75 Å². The van der Waals surface area contributed by atoms with Gasteiger partial charge in [-0.25, -0.2) is 0 Å². The first-order valence-electron chi connectivity index (χ1n) is 10.7. The fraction of sp³-hybridized carbons (Fsp3) is 0.417. The average molecular weight is 427 g/mol. The van der Waals surface area contributed by atoms with Gasteiger partial charge in [0.05, 0.1) is 18.6 Å². The molecule has 2 heterocycles. The highest BCUT2D eigenvalue weighted by atomic mass is 35.5. The van der Waals surface area contributed by atoms with Crippen molar-refractivity contribution in [1.29, 1.82) is 0 Å². The minimum Gasteiger partial charge on any atom is -0.493 e. The van der Waals surface area contributed by atoms with Gasteiger partial charge >= 0.3 is 0 Å². The van der Waals surface area contributed by atoms with E-state index < -0.39 is 0 Å². The number of unbranched alkanes of at least 4 members (excludes halogenated alkanes) is 1. The number of carbonyl (C=O) groups is 2. The quantitative estimate of drug-likeness (QED) is 0.729. The SMILES string of the molecule is CCCCc1ccc(N2CC(C(=O)NC3CCOc4ccc(Cl)cc43)CC2=O)cc1. The van der Waals surface area contributed by atoms with Crippen molar-refractivity contribution in [3.8, 4) is 5.75 Å². The molecule has 0 aromatic heterocycles. The summed E-state index contributed by atoms with van der Waals surface area (Å²) in [6.07, 6.45) is 4.28. The molecule has 0 aliphatic carbocycles. The maximum atomic E-state index is 12.9. The van der Waals surface area contributed by atoms with Crippen LogP contribution in [0.25, 0.3) is 0 Å². The van der Waals surface area contributed by atoms with Crippen molar-refractivity contribution in [3.63, 3.8) is 0 Å². The van der Waals surface area contributed by atoms with Gasteiger partial charge in [-0.3, -0.25) is 9.59 Å². The number of nitrogens with one attached hydrogen (secondary N) is 1. The molecule has 4 rings (SSSR count). The number of aryl methyl sites for hydroxylation is 1. The van der Waals surface area contributed by atoms with Crippen LogP contribution in [0.2, 0.25) is 5.02 Å². The van der Waals surface area contributed by atoms with Gasteiger partial charge in [0.2, 0.25) is 11.8 Å². The smallest absolute Gasteiger partial charge is 0.227 e. The molecule has 0 bridgehead atoms. The third-order valence-corrected chi connectivity index (χ3v) is 6.13. The first-order chi connectivity index (χ1) is 14.5. The summed E-state index contributed by atoms with van der Waals surface area (Å²) in [5, 5.41) is 3.73. The Hall–Kier alpha value is -2.53. The maximum absolute atomic E-state index is 12.9. The molecule has 2 aliphatic heterocycles. The van der Waals surface area contributed by atoms with Gasteiger partial charge in [0.25, 0.3) is 0 Å². The first kappa shape index (κ1) is 20.7. The van der Waals surface area contributed by atoms with Crippen LogP contribution in [0.15, 0.2) is 42.5 Å². The van der Waals surface area contributed by atoms with Crippen molar-refractivity contribution in [2.24, 2.45) is 5.92 Å². The molecule has 0 radical (unpaired) electrons. The maximum Gasteiger partial charge on any atom is 0.227 e. The summed E-state index contributed by atoms with van der Waals surface area (Å²) in [6, 6.07) is 13.4. The van der Waals surface area contributed by atoms with E-state index in [4.69, 9.17) is 16.3 Å². The van der Waals surface area contributed by atoms with E-state index in [0.717, 1.165) is 36.3 Å². The highest BCUT2D eigenvalue weighted by molar-refractivity contribution is 6.30. The van der Waals surface area contributed by atoms with Crippen LogP contribution < -0.4 is 15.0 Å². The summed E-state index contributed by atoms with van der Waals surface area (Å²) in [7, 11) is 0. The van der Waals surface area contributed by atoms with Gasteiger partial charge in [-0.15, -0.1) is 0 Å². The average Bonchev–Trinajstić information content (AvgIpc) is 3.15. The van der Waals surface area contributed by atoms with E-state index in [1.807, 2.05) is 24.3 Å². The summed E-state index contributed by atoms with van der Waals surface area (Å²) in [4.78, 5) is 27.3. The molecule has 1 fully saturated rings. The lowest BCUT2D eigenvalue weighted by Crippen LogP contribution is -2.37. The second kappa shape index (κ2) is 9.09. The van der Waals surface area contributed by atoms with Crippen LogP contribution in [0, 0.1) is 5.92 Å². The molecule has 2 atom stereocenters. The number of rotatable bonds is 6. The van der Waals surface area contributed by atoms with Crippen molar-refractivity contribution < 1.29 is 14.3 Å². The fourth-order valence-electron chi connectivity index (χ4n) is 4.16. The third kappa shape index (κ3) is 4.46. The lowest BCUT2D eigenvalue weighted by Gasteiger charge is -2.27. The van der Waals surface area contributed by atoms with Crippen molar-refractivity contribution in [2.45, 2.75) is 45.1 Å². The molecule has 0 saturated carbocycles. The topological polar surface area (TPSA) is 58.6 Å². The molecule has 6 heteroatoms. The number of carbonyl (C=O) groups excluding carboxylic acids is 2. The molecule has 158 valence electrons. The van der Waals surface area contributed by atoms with Crippen molar-refractivity contribution >= 4 is 29.1 Å². The van der Waals surface area contributed by atoms with Crippen LogP contribution in [0.1, 0.15) is 49.8 Å². The summed E-state index contributed by atoms with van der Waals surface area (Å²) in [6.45, 7) is 3.13. The predicted octanol–water partition coefficient (Wildman–Crippen LogP) is 4.68. The molecule has 2 aromatic carbocycles. The highest BCUT2D eigenvalue weighted by Crippen LogP contribution is 2.35. The zero-order valence-corrected chi connectivity index (χ0v) is 18.0. The zero-order chi connectivity index (χ0) is 21.1. The van der Waals surface area contributed by atoms with Crippen molar-refractivity contribution in [3.05, 3.63) is 58.6 Å². The number of halogens is 1. The Morgan fingerprint density at radius 3 is 2.80 bits per heavy atom. The number of fused-ring (bicyclic) bond motifs is 1. The lowest BCUT2D eigenvalue weighted by molar-refractivity contribution is -0.127. The summed E-state index contributed by atoms with van der Waals surface area (Å²) < 4.78 is 5.67. The van der Waals surface area contributed by atoms with Crippen LogP contribution in [-0.4, -0.2) is 25.0 Å². The molecule has 0 spiro atoms. The molecule has 2 amide bonds. The van der Waals surface area contributed by atoms with Crippen molar-refractivity contribution in [2.75, 3.05) is 18.1 Å². The Bertz CT molecular complexity index is 929. The Morgan fingerprint density at radius 1 is 1.23 bits per heavy atom. The van der Waals surface area contributed by atoms with Gasteiger partial charge in [0, 0.05) is 35.7 Å². The van der Waals surface area contributed by atoms with Crippen LogP contribution in [0.3, 0.4) is 0 Å². The van der Waals surface area contributed by atoms with Crippen molar-refractivity contribution in [1.82, 2.24) is 5.32 Å². The number of amides is 2. The standard InChI is InChI=1S/C24H27ClN2O3/c1-2-3-4-16-5-8-19(9-6-16)27-15-17(13-23(27)28)24(29)26-21-11-12-30-22-10-7-18(25)14-20(21)22/h5-10,14,17,21H,2-4,11-13,15H2,1H3,(H,26,29). The van der Waals surface area contributed by atoms with Crippen LogP contribution in [0.4, 0.5) is 5.69 Å². The van der Waals surface area contributed by atoms with Gasteiger partial charge < -0.3 is 15.0 Å². The van der Waals surface area contributed by atoms with E-state index in [0.29, 0.717) is 24.6 Å². The summed E-state index contributed by atoms with van der Waals surface area (Å²) in [5.41, 5.74) is 3.03. The largest absolute Gasteiger partial charge is 0.493 e. The Balaban J connectivity index is 1.41. The Morgan fingerprint density at radius 2 is 2.03 bits per heavy atom. The van der Waals surface area contributed by atoms with E-state index >= 15 is 0 Å². The molecular weight excluding hydrogens is 400 g/mol. The van der Waals surface area contributed by atoms with Gasteiger partial charge in [-0.2, -0.15) is 0 Å². The lowest BCUT2D eigenvalue weighted by atomic mass is 9.99. The minimum absolute atomic E-state index is 0.00752. The first-order valence-corrected chi connectivity index (χ1v) is 11.0. The zero-order valence-electron chi connectivity index (χ0n) is 17.2. The molecule has 30 heavy (non-hydrogen) atoms. The highest BCUT2D eigenvalue weighted by Gasteiger charge is 2.36. The normalized spacial score (nSPS) is 20.6. The van der Waals surface area contributed by atoms with Crippen LogP contribution >= 0.6 is 11.6 Å². The number of hydrogen-bond donors (Lipinski definition) is 1. The second-order valence-electron chi connectivity index (χ2n) is 8.06. The van der Waals surface area contributed by atoms with Gasteiger partial charge in [0.15, 0.2) is 0 Å². The molecule has 1 N–H and O–H groups in total. The number of anilines is 1. The van der Waals surface area contributed by atoms with E-state index in [-0.39, 0.29) is 30.2 Å². The monoisotopic (exact) mass is 426 g/mol. The molecule has 2 aliphatic rings. The van der Waals surface area contributed by atoms with E-state index in [1.54, 1.807) is 11.0 Å². The molecular formula is C24H27ClN2O3. The number of benzene rings is 2. The minimum atomic E-state index is -0.359. The van der Waals surface area contributed by atoms with Crippen LogP contribution in [0.5, 0.6) is 5.75 Å². The summed E-state index contributed by atoms with van der Waals surface area (Å²) in [5.74, 6) is 0.293. The molecule has 1 saturated heterocycles. The van der Waals surface area contributed by atoms with Gasteiger partial charge in [-0.05, 0) is 48.7 Å². The van der Waals surface area contributed by atoms with Gasteiger partial charge in [-0.1, -0.05) is 37.1 Å². The molecule has 2 aromatic rings. The van der Waals surface area contributed by atoms with E-state index in [9.17, 15) is 9.59 Å². The Labute approximate surface area is 182 Å². The van der Waals surface area contributed by atoms with E-state index in [1.165, 1.54) is 5.56 Å². The van der Waals surface area contributed by atoms with E-state index in [2.05, 4.69) is 24.4 Å². The second-order valence-corrected chi connectivity index (χ2v) is 8.49. The fourth-order valence-corrected chi connectivity index (χ4v) is 4.34. The number of ether oxygens (including phenoxy) is 1.